The zero-order chi connectivity index (χ0) is 30.6. The van der Waals surface area contributed by atoms with Gasteiger partial charge in [0.05, 0.1) is 19.1 Å². The van der Waals surface area contributed by atoms with Gasteiger partial charge in [-0.3, -0.25) is 0 Å². The van der Waals surface area contributed by atoms with Gasteiger partial charge in [0, 0.05) is 23.1 Å². The van der Waals surface area contributed by atoms with Crippen molar-refractivity contribution >= 4 is 0 Å². The highest BCUT2D eigenvalue weighted by atomic mass is 19.3. The second-order valence-electron chi connectivity index (χ2n) is 11.6. The van der Waals surface area contributed by atoms with Crippen LogP contribution in [0.2, 0.25) is 0 Å². The Labute approximate surface area is 248 Å². The summed E-state index contributed by atoms with van der Waals surface area (Å²) in [6.45, 7) is 3.30. The number of ether oxygens (including phenoxy) is 3. The summed E-state index contributed by atoms with van der Waals surface area (Å²) in [5.41, 5.74) is 1.08. The molecule has 0 aromatic heterocycles. The molecule has 3 nitrogen and oxygen atoms in total. The molecule has 3 aromatic rings. The van der Waals surface area contributed by atoms with Gasteiger partial charge in [0.25, 0.3) is 0 Å². The Hall–Kier alpha value is -3.04. The van der Waals surface area contributed by atoms with Crippen molar-refractivity contribution in [2.75, 3.05) is 13.2 Å². The number of hydrogen-bond acceptors (Lipinski definition) is 3. The Morgan fingerprint density at radius 1 is 0.767 bits per heavy atom. The molecule has 43 heavy (non-hydrogen) atoms. The first-order chi connectivity index (χ1) is 20.6. The molecule has 0 N–H and O–H groups in total. The van der Waals surface area contributed by atoms with Crippen LogP contribution in [0.15, 0.2) is 54.6 Å². The maximum atomic E-state index is 15.2. The molecule has 3 aromatic carbocycles. The van der Waals surface area contributed by atoms with Gasteiger partial charge in [-0.2, -0.15) is 8.78 Å². The maximum Gasteiger partial charge on any atom is 0.400 e. The van der Waals surface area contributed by atoms with Crippen LogP contribution in [0.5, 0.6) is 5.75 Å². The number of rotatable bonds is 10. The highest BCUT2D eigenvalue weighted by molar-refractivity contribution is 5.65. The summed E-state index contributed by atoms with van der Waals surface area (Å²) in [4.78, 5) is 0. The molecular weight excluding hydrogens is 570 g/mol. The van der Waals surface area contributed by atoms with Gasteiger partial charge in [0.15, 0.2) is 17.9 Å². The molecule has 1 saturated carbocycles. The van der Waals surface area contributed by atoms with Gasteiger partial charge in [-0.25, -0.2) is 17.6 Å². The largest absolute Gasteiger partial charge is 0.432 e. The maximum absolute atomic E-state index is 15.2. The van der Waals surface area contributed by atoms with E-state index in [1.807, 2.05) is 0 Å². The zero-order valence-electron chi connectivity index (χ0n) is 24.1. The third-order valence-corrected chi connectivity index (χ3v) is 8.55. The van der Waals surface area contributed by atoms with E-state index in [0.29, 0.717) is 43.1 Å². The minimum atomic E-state index is -3.58. The molecule has 0 unspecified atom stereocenters. The van der Waals surface area contributed by atoms with Crippen LogP contribution >= 0.6 is 0 Å². The number of hydrogen-bond donors (Lipinski definition) is 0. The summed E-state index contributed by atoms with van der Waals surface area (Å²) in [5.74, 6) is -4.91. The van der Waals surface area contributed by atoms with Crippen molar-refractivity contribution in [3.63, 3.8) is 0 Å². The summed E-state index contributed by atoms with van der Waals surface area (Å²) in [6, 6.07) is 10.9. The van der Waals surface area contributed by atoms with Gasteiger partial charge >= 0.3 is 6.11 Å². The number of unbranched alkanes of at least 4 members (excludes halogenated alkanes) is 2. The molecule has 0 spiro atoms. The molecule has 232 valence electrons. The number of halogens is 6. The minimum absolute atomic E-state index is 0.0681. The minimum Gasteiger partial charge on any atom is -0.432 e. The molecule has 5 rings (SSSR count). The second-order valence-corrected chi connectivity index (χ2v) is 11.6. The van der Waals surface area contributed by atoms with E-state index in [1.54, 1.807) is 12.1 Å². The predicted octanol–water partition coefficient (Wildman–Crippen LogP) is 10.1. The van der Waals surface area contributed by atoms with Gasteiger partial charge in [0.1, 0.15) is 17.4 Å². The molecule has 2 aliphatic rings. The van der Waals surface area contributed by atoms with Crippen molar-refractivity contribution in [3.05, 3.63) is 89.0 Å². The van der Waals surface area contributed by atoms with Crippen LogP contribution in [0.1, 0.15) is 81.6 Å². The zero-order valence-corrected chi connectivity index (χ0v) is 24.1. The molecule has 0 atom stereocenters. The monoisotopic (exact) mass is 606 g/mol. The first kappa shape index (κ1) is 31.4. The standard InChI is InChI=1S/C34H36F6O3/c1-2-3-4-5-21-19-41-33(42-20-21)24-8-13-27(30(36)17-24)22-6-10-25(11-7-22)34(39,40)43-26-12-14-28(31(37)18-26)23-9-15-29(35)32(38)16-23/h8-9,12-18,21-22,25,33H,2-7,10-11,19-20H2,1H3. The lowest BCUT2D eigenvalue weighted by atomic mass is 9.78. The van der Waals surface area contributed by atoms with Gasteiger partial charge < -0.3 is 14.2 Å². The van der Waals surface area contributed by atoms with Crippen LogP contribution in [-0.2, 0) is 9.47 Å². The van der Waals surface area contributed by atoms with E-state index in [-0.39, 0.29) is 35.6 Å². The van der Waals surface area contributed by atoms with Crippen molar-refractivity contribution in [1.82, 2.24) is 0 Å². The van der Waals surface area contributed by atoms with E-state index in [9.17, 15) is 13.2 Å². The van der Waals surface area contributed by atoms with E-state index >= 15 is 13.2 Å². The fraction of sp³-hybridized carbons (Fsp3) is 0.471. The lowest BCUT2D eigenvalue weighted by Crippen LogP contribution is -2.37. The fourth-order valence-corrected chi connectivity index (χ4v) is 6.04. The van der Waals surface area contributed by atoms with Crippen LogP contribution < -0.4 is 4.74 Å². The van der Waals surface area contributed by atoms with E-state index in [2.05, 4.69) is 6.92 Å². The molecule has 1 saturated heterocycles. The van der Waals surface area contributed by atoms with Crippen molar-refractivity contribution < 1.29 is 40.6 Å². The second kappa shape index (κ2) is 13.7. The molecule has 1 heterocycles. The normalized spacial score (nSPS) is 22.9. The van der Waals surface area contributed by atoms with Crippen molar-refractivity contribution in [2.24, 2.45) is 11.8 Å². The molecule has 9 heteroatoms. The molecule has 0 bridgehead atoms. The van der Waals surface area contributed by atoms with Crippen LogP contribution in [0.3, 0.4) is 0 Å². The van der Waals surface area contributed by atoms with Crippen LogP contribution in [0.4, 0.5) is 26.3 Å². The predicted molar refractivity (Wildman–Crippen MR) is 151 cm³/mol. The van der Waals surface area contributed by atoms with E-state index < -0.39 is 41.6 Å². The summed E-state index contributed by atoms with van der Waals surface area (Å²) in [5, 5.41) is 0. The van der Waals surface area contributed by atoms with Gasteiger partial charge in [-0.1, -0.05) is 44.4 Å². The van der Waals surface area contributed by atoms with Crippen LogP contribution in [0.25, 0.3) is 11.1 Å². The average Bonchev–Trinajstić information content (AvgIpc) is 2.99. The van der Waals surface area contributed by atoms with E-state index in [0.717, 1.165) is 37.5 Å². The number of benzene rings is 3. The number of alkyl halides is 2. The van der Waals surface area contributed by atoms with Crippen molar-refractivity contribution in [1.29, 1.82) is 0 Å². The molecular formula is C34H36F6O3. The molecule has 0 radical (unpaired) electrons. The lowest BCUT2D eigenvalue weighted by molar-refractivity contribution is -0.222. The molecule has 1 aliphatic heterocycles. The first-order valence-corrected chi connectivity index (χ1v) is 15.0. The highest BCUT2D eigenvalue weighted by Crippen LogP contribution is 2.44. The Kier molecular flexibility index (Phi) is 10.0. The Balaban J connectivity index is 1.15. The fourth-order valence-electron chi connectivity index (χ4n) is 6.04. The van der Waals surface area contributed by atoms with E-state index in [4.69, 9.17) is 14.2 Å². The Bertz CT molecular complexity index is 1380. The smallest absolute Gasteiger partial charge is 0.400 e. The molecule has 0 amide bonds. The summed E-state index contributed by atoms with van der Waals surface area (Å²) in [7, 11) is 0. The first-order valence-electron chi connectivity index (χ1n) is 15.0. The highest BCUT2D eigenvalue weighted by Gasteiger charge is 2.44. The third kappa shape index (κ3) is 7.55. The summed E-state index contributed by atoms with van der Waals surface area (Å²) < 4.78 is 103. The SMILES string of the molecule is CCCCCC1COC(c2ccc(C3CCC(C(F)(F)Oc4ccc(-c5ccc(F)c(F)c5)c(F)c4)CC3)c(F)c2)OC1. The topological polar surface area (TPSA) is 27.7 Å². The van der Waals surface area contributed by atoms with Gasteiger partial charge in [-0.15, -0.1) is 0 Å². The van der Waals surface area contributed by atoms with Crippen LogP contribution in [0, 0.1) is 35.1 Å². The van der Waals surface area contributed by atoms with Gasteiger partial charge in [0.2, 0.25) is 0 Å². The molecule has 1 aliphatic carbocycles. The average molecular weight is 607 g/mol. The van der Waals surface area contributed by atoms with Crippen molar-refractivity contribution in [3.8, 4) is 16.9 Å². The molecule has 2 fully saturated rings. The van der Waals surface area contributed by atoms with Crippen molar-refractivity contribution in [2.45, 2.75) is 76.6 Å². The van der Waals surface area contributed by atoms with E-state index in [1.165, 1.54) is 30.7 Å². The van der Waals surface area contributed by atoms with Crippen LogP contribution in [-0.4, -0.2) is 19.3 Å². The Morgan fingerprint density at radius 2 is 1.51 bits per heavy atom. The third-order valence-electron chi connectivity index (χ3n) is 8.55. The quantitative estimate of drug-likeness (QED) is 0.170. The Morgan fingerprint density at radius 3 is 2.16 bits per heavy atom. The van der Waals surface area contributed by atoms with Gasteiger partial charge in [-0.05, 0) is 79.5 Å². The summed E-state index contributed by atoms with van der Waals surface area (Å²) in [6.07, 6.45) is 1.21. The summed E-state index contributed by atoms with van der Waals surface area (Å²) >= 11 is 0. The lowest BCUT2D eigenvalue weighted by Gasteiger charge is -2.34.